The van der Waals surface area contributed by atoms with E-state index in [-0.39, 0.29) is 11.8 Å². The van der Waals surface area contributed by atoms with Gasteiger partial charge >= 0.3 is 0 Å². The Balaban J connectivity index is 1.34. The standard InChI is InChI=1S/C24H22ClN3OS/c25-20-10-8-18(9-11-20)22-15-28-21(16-30-24(28)26-22)12-13-27(23(29)19-6-7-19)14-17-4-2-1-3-5-17/h1-5,8-11,15-16,19H,6-7,12-14H2. The second kappa shape index (κ2) is 8.25. The van der Waals surface area contributed by atoms with E-state index < -0.39 is 0 Å². The number of hydrogen-bond acceptors (Lipinski definition) is 3. The lowest BCUT2D eigenvalue weighted by Crippen LogP contribution is -2.33. The average molecular weight is 436 g/mol. The van der Waals surface area contributed by atoms with Gasteiger partial charge in [-0.25, -0.2) is 4.98 Å². The lowest BCUT2D eigenvalue weighted by Gasteiger charge is -2.23. The number of fused-ring (bicyclic) bond motifs is 1. The molecule has 0 bridgehead atoms. The Kier molecular flexibility index (Phi) is 5.32. The number of imidazole rings is 1. The van der Waals surface area contributed by atoms with E-state index in [9.17, 15) is 4.79 Å². The fraction of sp³-hybridized carbons (Fsp3) is 0.250. The van der Waals surface area contributed by atoms with E-state index in [0.29, 0.717) is 13.1 Å². The summed E-state index contributed by atoms with van der Waals surface area (Å²) in [6.45, 7) is 1.38. The number of benzene rings is 2. The predicted molar refractivity (Wildman–Crippen MR) is 122 cm³/mol. The Bertz CT molecular complexity index is 1160. The number of halogens is 1. The molecule has 0 saturated heterocycles. The first kappa shape index (κ1) is 19.3. The third-order valence-electron chi connectivity index (χ3n) is 5.52. The fourth-order valence-electron chi connectivity index (χ4n) is 3.68. The molecule has 1 amide bonds. The van der Waals surface area contributed by atoms with Gasteiger partial charge in [0.15, 0.2) is 4.96 Å². The molecule has 0 N–H and O–H groups in total. The van der Waals surface area contributed by atoms with Crippen LogP contribution in [0.3, 0.4) is 0 Å². The van der Waals surface area contributed by atoms with Crippen LogP contribution in [0, 0.1) is 5.92 Å². The predicted octanol–water partition coefficient (Wildman–Crippen LogP) is 5.70. The van der Waals surface area contributed by atoms with Crippen molar-refractivity contribution in [2.24, 2.45) is 5.92 Å². The highest BCUT2D eigenvalue weighted by atomic mass is 35.5. The first-order valence-electron chi connectivity index (χ1n) is 10.2. The van der Waals surface area contributed by atoms with Crippen molar-refractivity contribution >= 4 is 33.8 Å². The number of nitrogens with zero attached hydrogens (tertiary/aromatic N) is 3. The second-order valence-electron chi connectivity index (χ2n) is 7.78. The molecular weight excluding hydrogens is 414 g/mol. The van der Waals surface area contributed by atoms with Gasteiger partial charge in [0, 0.05) is 53.3 Å². The summed E-state index contributed by atoms with van der Waals surface area (Å²) < 4.78 is 2.15. The van der Waals surface area contributed by atoms with Gasteiger partial charge in [0.05, 0.1) is 5.69 Å². The van der Waals surface area contributed by atoms with E-state index in [0.717, 1.165) is 40.5 Å². The van der Waals surface area contributed by atoms with E-state index >= 15 is 0 Å². The Morgan fingerprint density at radius 1 is 1.13 bits per heavy atom. The van der Waals surface area contributed by atoms with E-state index in [1.54, 1.807) is 11.3 Å². The highest BCUT2D eigenvalue weighted by molar-refractivity contribution is 7.15. The fourth-order valence-corrected chi connectivity index (χ4v) is 4.71. The van der Waals surface area contributed by atoms with Crippen LogP contribution in [0.15, 0.2) is 66.2 Å². The van der Waals surface area contributed by atoms with Crippen LogP contribution in [0.25, 0.3) is 16.2 Å². The molecule has 2 heterocycles. The van der Waals surface area contributed by atoms with Gasteiger partial charge in [-0.1, -0.05) is 54.1 Å². The topological polar surface area (TPSA) is 37.6 Å². The summed E-state index contributed by atoms with van der Waals surface area (Å²) in [6.07, 6.45) is 4.94. The van der Waals surface area contributed by atoms with Gasteiger partial charge in [-0.2, -0.15) is 0 Å². The summed E-state index contributed by atoms with van der Waals surface area (Å²) in [5.41, 5.74) is 4.35. The zero-order valence-corrected chi connectivity index (χ0v) is 18.1. The van der Waals surface area contributed by atoms with Crippen LogP contribution < -0.4 is 0 Å². The molecule has 5 rings (SSSR count). The van der Waals surface area contributed by atoms with Gasteiger partial charge in [0.25, 0.3) is 0 Å². The summed E-state index contributed by atoms with van der Waals surface area (Å²) in [5.74, 6) is 0.513. The molecule has 0 aliphatic heterocycles. The van der Waals surface area contributed by atoms with Crippen molar-refractivity contribution in [3.05, 3.63) is 82.5 Å². The molecule has 6 heteroatoms. The first-order valence-corrected chi connectivity index (χ1v) is 11.5. The number of thiazole rings is 1. The van der Waals surface area contributed by atoms with Crippen molar-refractivity contribution in [3.63, 3.8) is 0 Å². The molecule has 0 atom stereocenters. The van der Waals surface area contributed by atoms with Crippen LogP contribution in [-0.4, -0.2) is 26.7 Å². The maximum atomic E-state index is 12.8. The minimum Gasteiger partial charge on any atom is -0.338 e. The van der Waals surface area contributed by atoms with E-state index in [4.69, 9.17) is 16.6 Å². The average Bonchev–Trinajstić information content (AvgIpc) is 3.43. The number of aromatic nitrogens is 2. The van der Waals surface area contributed by atoms with Crippen LogP contribution in [0.2, 0.25) is 5.02 Å². The summed E-state index contributed by atoms with van der Waals surface area (Å²) in [6, 6.07) is 18.0. The van der Waals surface area contributed by atoms with Crippen molar-refractivity contribution in [1.82, 2.24) is 14.3 Å². The van der Waals surface area contributed by atoms with Crippen LogP contribution in [0.5, 0.6) is 0 Å². The molecule has 1 aliphatic rings. The van der Waals surface area contributed by atoms with Crippen molar-refractivity contribution < 1.29 is 4.79 Å². The minimum absolute atomic E-state index is 0.223. The molecule has 30 heavy (non-hydrogen) atoms. The number of amides is 1. The van der Waals surface area contributed by atoms with Crippen molar-refractivity contribution in [2.75, 3.05) is 6.54 Å². The van der Waals surface area contributed by atoms with Crippen LogP contribution in [-0.2, 0) is 17.8 Å². The molecule has 0 unspecified atom stereocenters. The Labute approximate surface area is 184 Å². The van der Waals surface area contributed by atoms with Crippen molar-refractivity contribution in [1.29, 1.82) is 0 Å². The van der Waals surface area contributed by atoms with Gasteiger partial charge < -0.3 is 4.90 Å². The highest BCUT2D eigenvalue weighted by Gasteiger charge is 2.33. The van der Waals surface area contributed by atoms with E-state index in [1.165, 1.54) is 11.3 Å². The maximum Gasteiger partial charge on any atom is 0.225 e. The Morgan fingerprint density at radius 2 is 1.90 bits per heavy atom. The third-order valence-corrected chi connectivity index (χ3v) is 6.66. The molecule has 2 aromatic heterocycles. The zero-order valence-electron chi connectivity index (χ0n) is 16.5. The van der Waals surface area contributed by atoms with Gasteiger partial charge in [-0.15, -0.1) is 11.3 Å². The van der Waals surface area contributed by atoms with Gasteiger partial charge in [0.1, 0.15) is 0 Å². The van der Waals surface area contributed by atoms with Gasteiger partial charge in [-0.3, -0.25) is 9.20 Å². The maximum absolute atomic E-state index is 12.8. The molecule has 1 saturated carbocycles. The zero-order chi connectivity index (χ0) is 20.5. The van der Waals surface area contributed by atoms with E-state index in [1.807, 2.05) is 47.4 Å². The highest BCUT2D eigenvalue weighted by Crippen LogP contribution is 2.32. The molecule has 0 radical (unpaired) electrons. The SMILES string of the molecule is O=C(C1CC1)N(CCc1csc2nc(-c3ccc(Cl)cc3)cn12)Cc1ccccc1. The second-order valence-corrected chi connectivity index (χ2v) is 9.06. The number of carbonyl (C=O) groups excluding carboxylic acids is 1. The lowest BCUT2D eigenvalue weighted by molar-refractivity contribution is -0.133. The number of carbonyl (C=O) groups is 1. The summed E-state index contributed by atoms with van der Waals surface area (Å²) >= 11 is 7.64. The summed E-state index contributed by atoms with van der Waals surface area (Å²) in [7, 11) is 0. The molecule has 0 spiro atoms. The summed E-state index contributed by atoms with van der Waals surface area (Å²) in [4.78, 5) is 20.6. The van der Waals surface area contributed by atoms with Crippen molar-refractivity contribution in [3.8, 4) is 11.3 Å². The Hall–Kier alpha value is -2.63. The molecular formula is C24H22ClN3OS. The normalized spacial score (nSPS) is 13.6. The first-order chi connectivity index (χ1) is 14.7. The van der Waals surface area contributed by atoms with Crippen LogP contribution in [0.1, 0.15) is 24.1 Å². The quantitative estimate of drug-likeness (QED) is 0.373. The lowest BCUT2D eigenvalue weighted by atomic mass is 10.2. The van der Waals surface area contributed by atoms with Crippen LogP contribution >= 0.6 is 22.9 Å². The molecule has 4 aromatic rings. The van der Waals surface area contributed by atoms with Gasteiger partial charge in [0.2, 0.25) is 5.91 Å². The van der Waals surface area contributed by atoms with Gasteiger partial charge in [-0.05, 0) is 30.5 Å². The third kappa shape index (κ3) is 4.13. The van der Waals surface area contributed by atoms with Crippen molar-refractivity contribution in [2.45, 2.75) is 25.8 Å². The number of hydrogen-bond donors (Lipinski definition) is 0. The number of rotatable bonds is 7. The summed E-state index contributed by atoms with van der Waals surface area (Å²) in [5, 5.41) is 2.87. The van der Waals surface area contributed by atoms with Crippen LogP contribution in [0.4, 0.5) is 0 Å². The Morgan fingerprint density at radius 3 is 2.63 bits per heavy atom. The molecule has 1 aliphatic carbocycles. The molecule has 4 nitrogen and oxygen atoms in total. The molecule has 2 aromatic carbocycles. The largest absolute Gasteiger partial charge is 0.338 e. The monoisotopic (exact) mass is 435 g/mol. The smallest absolute Gasteiger partial charge is 0.225 e. The van der Waals surface area contributed by atoms with E-state index in [2.05, 4.69) is 28.1 Å². The minimum atomic E-state index is 0.223. The molecule has 1 fully saturated rings. The molecule has 152 valence electrons.